The lowest BCUT2D eigenvalue weighted by molar-refractivity contribution is 0.241. The van der Waals surface area contributed by atoms with Crippen LogP contribution in [-0.2, 0) is 10.0 Å². The lowest BCUT2D eigenvalue weighted by Gasteiger charge is -2.29. The van der Waals surface area contributed by atoms with E-state index < -0.39 is 21.9 Å². The highest BCUT2D eigenvalue weighted by atomic mass is 35.5. The minimum absolute atomic E-state index is 0.00265. The zero-order valence-electron chi connectivity index (χ0n) is 16.3. The molecule has 3 rings (SSSR count). The molecule has 158 valence electrons. The van der Waals surface area contributed by atoms with Crippen LogP contribution in [0.1, 0.15) is 24.4 Å². The second kappa shape index (κ2) is 9.30. The van der Waals surface area contributed by atoms with Crippen molar-refractivity contribution < 1.29 is 22.3 Å². The quantitative estimate of drug-likeness (QED) is 0.676. The second-order valence-corrected chi connectivity index (χ2v) is 8.94. The zero-order chi connectivity index (χ0) is 21.0. The first-order chi connectivity index (χ1) is 13.9. The Hall–Kier alpha value is -1.87. The number of likely N-dealkylation sites (tertiary alicyclic amines) is 1. The molecule has 1 unspecified atom stereocenters. The Morgan fingerprint density at radius 3 is 2.45 bits per heavy atom. The monoisotopic (exact) mass is 442 g/mol. The van der Waals surface area contributed by atoms with Crippen LogP contribution in [0, 0.1) is 5.82 Å². The molecule has 1 atom stereocenters. The van der Waals surface area contributed by atoms with Crippen molar-refractivity contribution in [2.75, 3.05) is 33.9 Å². The first kappa shape index (κ1) is 21.8. The number of halogens is 2. The van der Waals surface area contributed by atoms with Gasteiger partial charge >= 0.3 is 0 Å². The molecule has 1 fully saturated rings. The topological polar surface area (TPSA) is 67.9 Å². The summed E-state index contributed by atoms with van der Waals surface area (Å²) in [4.78, 5) is 2.09. The fourth-order valence-electron chi connectivity index (χ4n) is 3.55. The van der Waals surface area contributed by atoms with E-state index in [2.05, 4.69) is 9.62 Å². The van der Waals surface area contributed by atoms with Gasteiger partial charge in [-0.3, -0.25) is 4.90 Å². The molecule has 2 aromatic carbocycles. The molecule has 0 spiro atoms. The first-order valence-electron chi connectivity index (χ1n) is 9.27. The van der Waals surface area contributed by atoms with Crippen molar-refractivity contribution in [3.05, 3.63) is 52.8 Å². The summed E-state index contributed by atoms with van der Waals surface area (Å²) >= 11 is 6.27. The summed E-state index contributed by atoms with van der Waals surface area (Å²) in [5.74, 6) is 0.294. The van der Waals surface area contributed by atoms with Crippen LogP contribution < -0.4 is 14.2 Å². The van der Waals surface area contributed by atoms with Gasteiger partial charge in [-0.25, -0.2) is 17.5 Å². The van der Waals surface area contributed by atoms with Gasteiger partial charge < -0.3 is 9.47 Å². The summed E-state index contributed by atoms with van der Waals surface area (Å²) in [6, 6.07) is 8.35. The highest BCUT2D eigenvalue weighted by molar-refractivity contribution is 7.89. The number of sulfonamides is 1. The molecule has 0 aromatic heterocycles. The first-order valence-corrected chi connectivity index (χ1v) is 11.1. The van der Waals surface area contributed by atoms with Gasteiger partial charge in [0.15, 0.2) is 11.5 Å². The van der Waals surface area contributed by atoms with Gasteiger partial charge in [-0.15, -0.1) is 0 Å². The van der Waals surface area contributed by atoms with Crippen LogP contribution in [0.2, 0.25) is 5.02 Å². The van der Waals surface area contributed by atoms with Crippen molar-refractivity contribution in [2.24, 2.45) is 0 Å². The van der Waals surface area contributed by atoms with E-state index >= 15 is 0 Å². The number of benzene rings is 2. The predicted molar refractivity (Wildman–Crippen MR) is 110 cm³/mol. The minimum atomic E-state index is -3.85. The smallest absolute Gasteiger partial charge is 0.240 e. The number of methoxy groups -OCH3 is 2. The summed E-state index contributed by atoms with van der Waals surface area (Å²) in [6.07, 6.45) is 1.95. The summed E-state index contributed by atoms with van der Waals surface area (Å²) in [6.45, 7) is 1.51. The third-order valence-electron chi connectivity index (χ3n) is 5.05. The molecular weight excluding hydrogens is 419 g/mol. The molecule has 9 heteroatoms. The van der Waals surface area contributed by atoms with Gasteiger partial charge in [0.05, 0.1) is 25.2 Å². The van der Waals surface area contributed by atoms with Crippen molar-refractivity contribution in [3.63, 3.8) is 0 Å². The largest absolute Gasteiger partial charge is 0.493 e. The average Bonchev–Trinajstić information content (AvgIpc) is 3.24. The lowest BCUT2D eigenvalue weighted by atomic mass is 10.0. The van der Waals surface area contributed by atoms with Crippen LogP contribution in [0.3, 0.4) is 0 Å². The van der Waals surface area contributed by atoms with Crippen molar-refractivity contribution in [1.82, 2.24) is 9.62 Å². The van der Waals surface area contributed by atoms with E-state index in [4.69, 9.17) is 21.1 Å². The summed E-state index contributed by atoms with van der Waals surface area (Å²) in [5.41, 5.74) is 0.311. The van der Waals surface area contributed by atoms with Crippen molar-refractivity contribution >= 4 is 21.6 Å². The van der Waals surface area contributed by atoms with E-state index in [1.165, 1.54) is 44.6 Å². The minimum Gasteiger partial charge on any atom is -0.493 e. The molecule has 0 amide bonds. The number of nitrogens with zero attached hydrogens (tertiary/aromatic N) is 1. The number of rotatable bonds is 8. The van der Waals surface area contributed by atoms with Gasteiger partial charge in [-0.1, -0.05) is 17.7 Å². The van der Waals surface area contributed by atoms with E-state index in [1.807, 2.05) is 0 Å². The van der Waals surface area contributed by atoms with Gasteiger partial charge in [0, 0.05) is 23.2 Å². The normalized spacial score (nSPS) is 16.0. The van der Waals surface area contributed by atoms with Gasteiger partial charge in [0.25, 0.3) is 0 Å². The predicted octanol–water partition coefficient (Wildman–Crippen LogP) is 3.61. The van der Waals surface area contributed by atoms with Gasteiger partial charge in [0.1, 0.15) is 5.82 Å². The maximum Gasteiger partial charge on any atom is 0.240 e. The lowest BCUT2D eigenvalue weighted by Crippen LogP contribution is -2.37. The molecule has 1 heterocycles. The highest BCUT2D eigenvalue weighted by Crippen LogP contribution is 2.33. The van der Waals surface area contributed by atoms with Crippen LogP contribution in [-0.4, -0.2) is 47.2 Å². The van der Waals surface area contributed by atoms with Crippen molar-refractivity contribution in [3.8, 4) is 11.5 Å². The molecule has 1 aliphatic rings. The molecule has 0 aliphatic carbocycles. The molecule has 29 heavy (non-hydrogen) atoms. The van der Waals surface area contributed by atoms with Crippen molar-refractivity contribution in [1.29, 1.82) is 0 Å². The van der Waals surface area contributed by atoms with E-state index in [0.717, 1.165) is 25.9 Å². The van der Waals surface area contributed by atoms with Crippen LogP contribution in [0.5, 0.6) is 11.5 Å². The zero-order valence-corrected chi connectivity index (χ0v) is 17.9. The Morgan fingerprint density at radius 2 is 1.83 bits per heavy atom. The van der Waals surface area contributed by atoms with Crippen LogP contribution in [0.25, 0.3) is 0 Å². The average molecular weight is 443 g/mol. The highest BCUT2D eigenvalue weighted by Gasteiger charge is 2.29. The Balaban J connectivity index is 1.87. The van der Waals surface area contributed by atoms with Crippen LogP contribution >= 0.6 is 11.6 Å². The number of hydrogen-bond donors (Lipinski definition) is 1. The molecule has 0 bridgehead atoms. The summed E-state index contributed by atoms with van der Waals surface area (Å²) in [5, 5.41) is 0.284. The molecule has 0 saturated carbocycles. The van der Waals surface area contributed by atoms with Gasteiger partial charge in [0.2, 0.25) is 10.0 Å². The number of hydrogen-bond acceptors (Lipinski definition) is 5. The summed E-state index contributed by atoms with van der Waals surface area (Å²) in [7, 11) is -0.943. The fourth-order valence-corrected chi connectivity index (χ4v) is 4.89. The fraction of sp³-hybridized carbons (Fsp3) is 0.400. The Labute approximate surface area is 175 Å². The van der Waals surface area contributed by atoms with E-state index in [0.29, 0.717) is 17.1 Å². The standard InChI is InChI=1S/C20H24ClFN2O4S/c1-27-18-9-8-14(12-19(18)28-2)29(25,26)23-13-17(24-10-3-4-11-24)20-15(21)6-5-7-16(20)22/h5-9,12,17,23H,3-4,10-11,13H2,1-2H3. The third kappa shape index (κ3) is 4.83. The van der Waals surface area contributed by atoms with Crippen molar-refractivity contribution in [2.45, 2.75) is 23.8 Å². The molecule has 0 radical (unpaired) electrons. The Bertz CT molecular complexity index is 945. The maximum absolute atomic E-state index is 14.6. The second-order valence-electron chi connectivity index (χ2n) is 6.76. The number of ether oxygens (including phenoxy) is 2. The van der Waals surface area contributed by atoms with Gasteiger partial charge in [-0.2, -0.15) is 0 Å². The van der Waals surface area contributed by atoms with E-state index in [1.54, 1.807) is 6.07 Å². The SMILES string of the molecule is COc1ccc(S(=O)(=O)NCC(c2c(F)cccc2Cl)N2CCCC2)cc1OC. The molecule has 1 N–H and O–H groups in total. The van der Waals surface area contributed by atoms with Crippen LogP contribution in [0.4, 0.5) is 4.39 Å². The molecule has 6 nitrogen and oxygen atoms in total. The van der Waals surface area contributed by atoms with E-state index in [9.17, 15) is 12.8 Å². The Morgan fingerprint density at radius 1 is 1.14 bits per heavy atom. The maximum atomic E-state index is 14.6. The molecule has 1 aliphatic heterocycles. The third-order valence-corrected chi connectivity index (χ3v) is 6.80. The van der Waals surface area contributed by atoms with Gasteiger partial charge in [-0.05, 0) is 50.2 Å². The Kier molecular flexibility index (Phi) is 7.00. The molecule has 2 aromatic rings. The number of nitrogens with one attached hydrogen (secondary N) is 1. The molecular formula is C20H24ClFN2O4S. The summed E-state index contributed by atoms with van der Waals surface area (Å²) < 4.78 is 53.2. The van der Waals surface area contributed by atoms with E-state index in [-0.39, 0.29) is 16.5 Å². The molecule has 1 saturated heterocycles. The van der Waals surface area contributed by atoms with Crippen LogP contribution in [0.15, 0.2) is 41.3 Å².